The van der Waals surface area contributed by atoms with E-state index in [4.69, 9.17) is 0 Å². The predicted molar refractivity (Wildman–Crippen MR) is 79.4 cm³/mol. The van der Waals surface area contributed by atoms with Crippen molar-refractivity contribution in [1.29, 1.82) is 0 Å². The summed E-state index contributed by atoms with van der Waals surface area (Å²) in [6.07, 6.45) is 4.76. The molecule has 2 atom stereocenters. The molecule has 1 saturated carbocycles. The SMILES string of the molecule is CC1=C2CCC[C@H](O)[C@@]2(Cc2ccccc2)CCC1=O. The molecule has 3 rings (SSSR count). The Morgan fingerprint density at radius 3 is 2.75 bits per heavy atom. The summed E-state index contributed by atoms with van der Waals surface area (Å²) >= 11 is 0. The number of ketones is 1. The van der Waals surface area contributed by atoms with Crippen molar-refractivity contribution in [3.63, 3.8) is 0 Å². The fourth-order valence-corrected chi connectivity index (χ4v) is 4.04. The highest BCUT2D eigenvalue weighted by Gasteiger charge is 2.47. The Labute approximate surface area is 120 Å². The maximum atomic E-state index is 12.0. The van der Waals surface area contributed by atoms with Gasteiger partial charge in [-0.2, -0.15) is 0 Å². The van der Waals surface area contributed by atoms with E-state index in [-0.39, 0.29) is 17.3 Å². The van der Waals surface area contributed by atoms with Crippen LogP contribution in [-0.4, -0.2) is 17.0 Å². The number of Topliss-reactive ketones (excluding diaryl/α,β-unsaturated/α-hetero) is 1. The molecule has 1 fully saturated rings. The zero-order valence-electron chi connectivity index (χ0n) is 12.1. The second kappa shape index (κ2) is 5.17. The Balaban J connectivity index is 2.03. The molecular weight excluding hydrogens is 248 g/mol. The molecule has 20 heavy (non-hydrogen) atoms. The van der Waals surface area contributed by atoms with Crippen molar-refractivity contribution < 1.29 is 9.90 Å². The van der Waals surface area contributed by atoms with Crippen molar-refractivity contribution in [2.75, 3.05) is 0 Å². The molecule has 2 nitrogen and oxygen atoms in total. The summed E-state index contributed by atoms with van der Waals surface area (Å²) in [5.41, 5.74) is 3.22. The van der Waals surface area contributed by atoms with Gasteiger partial charge in [-0.1, -0.05) is 35.9 Å². The summed E-state index contributed by atoms with van der Waals surface area (Å²) in [6.45, 7) is 1.95. The van der Waals surface area contributed by atoms with Gasteiger partial charge in [-0.3, -0.25) is 4.79 Å². The first-order valence-electron chi connectivity index (χ1n) is 7.59. The molecule has 0 amide bonds. The minimum absolute atomic E-state index is 0.197. The van der Waals surface area contributed by atoms with Crippen LogP contribution in [0.5, 0.6) is 0 Å². The van der Waals surface area contributed by atoms with Gasteiger partial charge in [0.1, 0.15) is 0 Å². The van der Waals surface area contributed by atoms with Gasteiger partial charge < -0.3 is 5.11 Å². The summed E-state index contributed by atoms with van der Waals surface area (Å²) in [6, 6.07) is 10.4. The number of aliphatic hydroxyl groups is 1. The van der Waals surface area contributed by atoms with Crippen molar-refractivity contribution in [2.45, 2.75) is 51.6 Å². The summed E-state index contributed by atoms with van der Waals surface area (Å²) in [5.74, 6) is 0.276. The number of hydrogen-bond acceptors (Lipinski definition) is 2. The number of benzene rings is 1. The Morgan fingerprint density at radius 1 is 1.25 bits per heavy atom. The second-order valence-corrected chi connectivity index (χ2v) is 6.25. The molecule has 2 aliphatic carbocycles. The average Bonchev–Trinajstić information content (AvgIpc) is 2.46. The number of rotatable bonds is 2. The highest BCUT2D eigenvalue weighted by Crippen LogP contribution is 2.50. The van der Waals surface area contributed by atoms with E-state index >= 15 is 0 Å². The molecule has 1 N–H and O–H groups in total. The predicted octanol–water partition coefficient (Wildman–Crippen LogP) is 3.44. The lowest BCUT2D eigenvalue weighted by molar-refractivity contribution is -0.118. The summed E-state index contributed by atoms with van der Waals surface area (Å²) < 4.78 is 0. The summed E-state index contributed by atoms with van der Waals surface area (Å²) in [7, 11) is 0. The number of carbonyl (C=O) groups is 1. The Bertz CT molecular complexity index is 544. The number of carbonyl (C=O) groups excluding carboxylic acids is 1. The number of hydrogen-bond donors (Lipinski definition) is 1. The molecular formula is C18H22O2. The van der Waals surface area contributed by atoms with Gasteiger partial charge in [-0.05, 0) is 50.2 Å². The maximum Gasteiger partial charge on any atom is 0.158 e. The fraction of sp³-hybridized carbons (Fsp3) is 0.500. The van der Waals surface area contributed by atoms with E-state index in [1.54, 1.807) is 0 Å². The van der Waals surface area contributed by atoms with Gasteiger partial charge in [-0.25, -0.2) is 0 Å². The number of aliphatic hydroxyl groups excluding tert-OH is 1. The molecule has 0 heterocycles. The fourth-order valence-electron chi connectivity index (χ4n) is 4.04. The molecule has 0 aliphatic heterocycles. The highest BCUT2D eigenvalue weighted by atomic mass is 16.3. The molecule has 0 radical (unpaired) electrons. The van der Waals surface area contributed by atoms with Crippen LogP contribution in [0.15, 0.2) is 41.5 Å². The Hall–Kier alpha value is -1.41. The van der Waals surface area contributed by atoms with Crippen molar-refractivity contribution >= 4 is 5.78 Å². The lowest BCUT2D eigenvalue weighted by Crippen LogP contribution is -2.45. The van der Waals surface area contributed by atoms with Crippen LogP contribution in [0.1, 0.15) is 44.6 Å². The largest absolute Gasteiger partial charge is 0.392 e. The van der Waals surface area contributed by atoms with E-state index in [9.17, 15) is 9.90 Å². The van der Waals surface area contributed by atoms with E-state index < -0.39 is 0 Å². The van der Waals surface area contributed by atoms with Gasteiger partial charge >= 0.3 is 0 Å². The number of allylic oxidation sites excluding steroid dienone is 1. The van der Waals surface area contributed by atoms with E-state index in [2.05, 4.69) is 12.1 Å². The van der Waals surface area contributed by atoms with Crippen molar-refractivity contribution in [3.05, 3.63) is 47.0 Å². The first-order valence-corrected chi connectivity index (χ1v) is 7.59. The summed E-state index contributed by atoms with van der Waals surface area (Å²) in [5, 5.41) is 10.7. The normalized spacial score (nSPS) is 30.3. The van der Waals surface area contributed by atoms with Gasteiger partial charge in [0.25, 0.3) is 0 Å². The molecule has 1 aromatic rings. The highest BCUT2D eigenvalue weighted by molar-refractivity contribution is 5.96. The Morgan fingerprint density at radius 2 is 2.00 bits per heavy atom. The first kappa shape index (κ1) is 13.6. The minimum atomic E-state index is -0.311. The standard InChI is InChI=1S/C18H22O2/c1-13-15-8-5-9-17(20)18(15,11-10-16(13)19)12-14-6-3-2-4-7-14/h2-4,6-7,17,20H,5,8-12H2,1H3/t17-,18+/m0/s1. The van der Waals surface area contributed by atoms with Gasteiger partial charge in [0.05, 0.1) is 6.10 Å². The van der Waals surface area contributed by atoms with Gasteiger partial charge in [-0.15, -0.1) is 0 Å². The first-order chi connectivity index (χ1) is 9.63. The zero-order valence-corrected chi connectivity index (χ0v) is 12.1. The van der Waals surface area contributed by atoms with E-state index in [1.165, 1.54) is 11.1 Å². The van der Waals surface area contributed by atoms with Crippen LogP contribution < -0.4 is 0 Å². The molecule has 2 heteroatoms. The molecule has 0 unspecified atom stereocenters. The van der Waals surface area contributed by atoms with Gasteiger partial charge in [0, 0.05) is 11.8 Å². The van der Waals surface area contributed by atoms with Crippen molar-refractivity contribution in [1.82, 2.24) is 0 Å². The molecule has 2 aliphatic rings. The van der Waals surface area contributed by atoms with Crippen molar-refractivity contribution in [2.24, 2.45) is 5.41 Å². The third-order valence-corrected chi connectivity index (χ3v) is 5.17. The van der Waals surface area contributed by atoms with E-state index in [0.717, 1.165) is 37.7 Å². The van der Waals surface area contributed by atoms with Crippen LogP contribution in [0.25, 0.3) is 0 Å². The molecule has 0 spiro atoms. The van der Waals surface area contributed by atoms with Gasteiger partial charge in [0.15, 0.2) is 5.78 Å². The zero-order chi connectivity index (χ0) is 14.2. The summed E-state index contributed by atoms with van der Waals surface area (Å²) in [4.78, 5) is 12.0. The molecule has 106 valence electrons. The molecule has 0 saturated heterocycles. The van der Waals surface area contributed by atoms with Crippen LogP contribution in [0.2, 0.25) is 0 Å². The molecule has 0 aromatic heterocycles. The van der Waals surface area contributed by atoms with E-state index in [0.29, 0.717) is 6.42 Å². The van der Waals surface area contributed by atoms with E-state index in [1.807, 2.05) is 25.1 Å². The van der Waals surface area contributed by atoms with Crippen LogP contribution in [0.4, 0.5) is 0 Å². The molecule has 0 bridgehead atoms. The van der Waals surface area contributed by atoms with Crippen LogP contribution in [-0.2, 0) is 11.2 Å². The molecule has 1 aromatic carbocycles. The lowest BCUT2D eigenvalue weighted by Gasteiger charge is -2.47. The van der Waals surface area contributed by atoms with Crippen LogP contribution in [0.3, 0.4) is 0 Å². The second-order valence-electron chi connectivity index (χ2n) is 6.25. The van der Waals surface area contributed by atoms with Crippen molar-refractivity contribution in [3.8, 4) is 0 Å². The van der Waals surface area contributed by atoms with Crippen LogP contribution in [0, 0.1) is 5.41 Å². The maximum absolute atomic E-state index is 12.0. The quantitative estimate of drug-likeness (QED) is 0.894. The third kappa shape index (κ3) is 2.12. The number of fused-ring (bicyclic) bond motifs is 1. The average molecular weight is 270 g/mol. The minimum Gasteiger partial charge on any atom is -0.392 e. The van der Waals surface area contributed by atoms with Crippen LogP contribution >= 0.6 is 0 Å². The third-order valence-electron chi connectivity index (χ3n) is 5.17. The van der Waals surface area contributed by atoms with Gasteiger partial charge in [0.2, 0.25) is 0 Å². The lowest BCUT2D eigenvalue weighted by atomic mass is 9.59. The monoisotopic (exact) mass is 270 g/mol. The Kier molecular flexibility index (Phi) is 3.51. The smallest absolute Gasteiger partial charge is 0.158 e. The topological polar surface area (TPSA) is 37.3 Å².